The fourth-order valence-corrected chi connectivity index (χ4v) is 2.26. The van der Waals surface area contributed by atoms with Gasteiger partial charge in [0.25, 0.3) is 5.91 Å². The van der Waals surface area contributed by atoms with E-state index in [0.29, 0.717) is 16.9 Å². The second-order valence-corrected chi connectivity index (χ2v) is 5.75. The summed E-state index contributed by atoms with van der Waals surface area (Å²) < 4.78 is 43.9. The third-order valence-electron chi connectivity index (χ3n) is 3.74. The maximum absolute atomic E-state index is 12.8. The fraction of sp³-hybridized carbons (Fsp3) is 0.263. The van der Waals surface area contributed by atoms with E-state index in [9.17, 15) is 18.0 Å². The highest BCUT2D eigenvalue weighted by Gasteiger charge is 2.31. The van der Waals surface area contributed by atoms with E-state index in [-0.39, 0.29) is 0 Å². The molecule has 0 saturated heterocycles. The van der Waals surface area contributed by atoms with E-state index >= 15 is 0 Å². The molecule has 0 saturated carbocycles. The number of nitrogens with zero attached hydrogens (tertiary/aromatic N) is 1. The average molecular weight is 362 g/mol. The number of carbonyl (C=O) groups is 1. The second-order valence-electron chi connectivity index (χ2n) is 5.75. The monoisotopic (exact) mass is 362 g/mol. The highest BCUT2D eigenvalue weighted by molar-refractivity contribution is 5.81. The van der Waals surface area contributed by atoms with Crippen LogP contribution >= 0.6 is 0 Å². The van der Waals surface area contributed by atoms with Crippen molar-refractivity contribution in [1.82, 2.24) is 5.32 Å². The average Bonchev–Trinajstić information content (AvgIpc) is 2.61. The molecule has 2 unspecified atom stereocenters. The maximum Gasteiger partial charge on any atom is 0.416 e. The Kier molecular flexibility index (Phi) is 5.88. The van der Waals surface area contributed by atoms with Crippen molar-refractivity contribution in [3.63, 3.8) is 0 Å². The van der Waals surface area contributed by atoms with Crippen LogP contribution in [-0.4, -0.2) is 12.0 Å². The Hall–Kier alpha value is -3.01. The maximum atomic E-state index is 12.8. The third kappa shape index (κ3) is 4.99. The van der Waals surface area contributed by atoms with Gasteiger partial charge in [-0.1, -0.05) is 12.1 Å². The molecule has 0 aromatic heterocycles. The van der Waals surface area contributed by atoms with Gasteiger partial charge in [0.15, 0.2) is 6.10 Å². The number of rotatable bonds is 5. The van der Waals surface area contributed by atoms with Crippen LogP contribution < -0.4 is 10.1 Å². The zero-order valence-electron chi connectivity index (χ0n) is 14.2. The smallest absolute Gasteiger partial charge is 0.416 e. The van der Waals surface area contributed by atoms with E-state index in [4.69, 9.17) is 10.00 Å². The molecule has 26 heavy (non-hydrogen) atoms. The van der Waals surface area contributed by atoms with E-state index in [1.807, 2.05) is 6.07 Å². The molecule has 2 atom stereocenters. The summed E-state index contributed by atoms with van der Waals surface area (Å²) in [5.74, 6) is -0.0438. The number of nitriles is 1. The van der Waals surface area contributed by atoms with Gasteiger partial charge in [-0.05, 0) is 55.8 Å². The molecule has 0 spiro atoms. The third-order valence-corrected chi connectivity index (χ3v) is 3.74. The van der Waals surface area contributed by atoms with Gasteiger partial charge in [-0.15, -0.1) is 0 Å². The lowest BCUT2D eigenvalue weighted by Crippen LogP contribution is -2.37. The van der Waals surface area contributed by atoms with Crippen LogP contribution in [0.15, 0.2) is 48.5 Å². The molecule has 2 aromatic rings. The summed E-state index contributed by atoms with van der Waals surface area (Å²) in [6, 6.07) is 12.4. The normalized spacial score (nSPS) is 13.4. The number of amides is 1. The van der Waals surface area contributed by atoms with Gasteiger partial charge in [0.2, 0.25) is 0 Å². The zero-order chi connectivity index (χ0) is 19.3. The molecule has 2 rings (SSSR count). The van der Waals surface area contributed by atoms with Crippen molar-refractivity contribution < 1.29 is 22.7 Å². The number of alkyl halides is 3. The van der Waals surface area contributed by atoms with Crippen LogP contribution in [0.1, 0.15) is 36.6 Å². The van der Waals surface area contributed by atoms with E-state index in [1.54, 1.807) is 31.2 Å². The lowest BCUT2D eigenvalue weighted by molar-refractivity contribution is -0.137. The Bertz CT molecular complexity index is 811. The molecule has 1 amide bonds. The zero-order valence-corrected chi connectivity index (χ0v) is 14.2. The van der Waals surface area contributed by atoms with Gasteiger partial charge >= 0.3 is 6.18 Å². The lowest BCUT2D eigenvalue weighted by Gasteiger charge is -2.20. The summed E-state index contributed by atoms with van der Waals surface area (Å²) in [4.78, 5) is 12.2. The molecule has 0 radical (unpaired) electrons. The Morgan fingerprint density at radius 2 is 1.81 bits per heavy atom. The molecular formula is C19H17F3N2O2. The molecule has 0 aliphatic rings. The molecule has 1 N–H and O–H groups in total. The number of halogens is 3. The molecule has 0 aliphatic carbocycles. The van der Waals surface area contributed by atoms with Crippen LogP contribution in [0.25, 0.3) is 0 Å². The van der Waals surface area contributed by atoms with Crippen molar-refractivity contribution in [2.24, 2.45) is 0 Å². The topological polar surface area (TPSA) is 62.1 Å². The summed E-state index contributed by atoms with van der Waals surface area (Å²) in [6.07, 6.45) is -5.29. The van der Waals surface area contributed by atoms with Gasteiger partial charge < -0.3 is 10.1 Å². The Morgan fingerprint density at radius 1 is 1.15 bits per heavy atom. The molecule has 136 valence electrons. The molecule has 0 fully saturated rings. The Balaban J connectivity index is 2.00. The van der Waals surface area contributed by atoms with Gasteiger partial charge in [0.05, 0.1) is 23.2 Å². The first-order valence-corrected chi connectivity index (χ1v) is 7.85. The van der Waals surface area contributed by atoms with Crippen molar-refractivity contribution >= 4 is 5.91 Å². The molecule has 2 aromatic carbocycles. The molecule has 0 heterocycles. The van der Waals surface area contributed by atoms with E-state index in [0.717, 1.165) is 12.1 Å². The van der Waals surface area contributed by atoms with Gasteiger partial charge in [-0.2, -0.15) is 18.4 Å². The predicted octanol–water partition coefficient (Wildman–Crippen LogP) is 4.22. The van der Waals surface area contributed by atoms with Crippen molar-refractivity contribution in [1.29, 1.82) is 5.26 Å². The molecule has 4 nitrogen and oxygen atoms in total. The largest absolute Gasteiger partial charge is 0.481 e. The second kappa shape index (κ2) is 7.91. The minimum absolute atomic E-state index is 0.346. The van der Waals surface area contributed by atoms with Crippen LogP contribution in [0, 0.1) is 11.3 Å². The highest BCUT2D eigenvalue weighted by Crippen LogP contribution is 2.30. The Labute approximate surface area is 149 Å². The molecule has 0 aliphatic heterocycles. The first-order chi connectivity index (χ1) is 12.2. The summed E-state index contributed by atoms with van der Waals surface area (Å²) >= 11 is 0. The predicted molar refractivity (Wildman–Crippen MR) is 89.2 cm³/mol. The quantitative estimate of drug-likeness (QED) is 0.866. The molecule has 7 heteroatoms. The SMILES string of the molecule is CC(Oc1ccc(C#N)cc1)C(=O)NC(C)c1cccc(C(F)(F)F)c1. The van der Waals surface area contributed by atoms with Crippen LogP contribution in [0.5, 0.6) is 5.75 Å². The van der Waals surface area contributed by atoms with E-state index < -0.39 is 29.8 Å². The van der Waals surface area contributed by atoms with Crippen molar-refractivity contribution in [3.05, 3.63) is 65.2 Å². The molecular weight excluding hydrogens is 345 g/mol. The minimum atomic E-state index is -4.44. The highest BCUT2D eigenvalue weighted by atomic mass is 19.4. The Morgan fingerprint density at radius 3 is 2.38 bits per heavy atom. The van der Waals surface area contributed by atoms with Gasteiger partial charge in [-0.25, -0.2) is 0 Å². The summed E-state index contributed by atoms with van der Waals surface area (Å²) in [6.45, 7) is 3.13. The summed E-state index contributed by atoms with van der Waals surface area (Å²) in [7, 11) is 0. The van der Waals surface area contributed by atoms with Crippen molar-refractivity contribution in [3.8, 4) is 11.8 Å². The number of hydrogen-bond acceptors (Lipinski definition) is 3. The van der Waals surface area contributed by atoms with Crippen LogP contribution in [0.2, 0.25) is 0 Å². The van der Waals surface area contributed by atoms with Crippen molar-refractivity contribution in [2.75, 3.05) is 0 Å². The van der Waals surface area contributed by atoms with E-state index in [2.05, 4.69) is 5.32 Å². The summed E-state index contributed by atoms with van der Waals surface area (Å²) in [5, 5.41) is 11.4. The standard InChI is InChI=1S/C19H17F3N2O2/c1-12(15-4-3-5-16(10-15)19(20,21)22)24-18(25)13(2)26-17-8-6-14(11-23)7-9-17/h3-10,12-13H,1-2H3,(H,24,25). The minimum Gasteiger partial charge on any atom is -0.481 e. The number of hydrogen-bond donors (Lipinski definition) is 1. The van der Waals surface area contributed by atoms with E-state index in [1.165, 1.54) is 19.1 Å². The lowest BCUT2D eigenvalue weighted by atomic mass is 10.0. The summed E-state index contributed by atoms with van der Waals surface area (Å²) in [5.41, 5.74) is 0.0457. The number of nitrogens with one attached hydrogen (secondary N) is 1. The number of ether oxygens (including phenoxy) is 1. The first-order valence-electron chi connectivity index (χ1n) is 7.85. The first kappa shape index (κ1) is 19.3. The van der Waals surface area contributed by atoms with Crippen LogP contribution in [0.4, 0.5) is 13.2 Å². The van der Waals surface area contributed by atoms with Gasteiger partial charge in [0.1, 0.15) is 5.75 Å². The van der Waals surface area contributed by atoms with Gasteiger partial charge in [-0.3, -0.25) is 4.79 Å². The van der Waals surface area contributed by atoms with Crippen molar-refractivity contribution in [2.45, 2.75) is 32.2 Å². The number of carbonyl (C=O) groups excluding carboxylic acids is 1. The fourth-order valence-electron chi connectivity index (χ4n) is 2.26. The van der Waals surface area contributed by atoms with Gasteiger partial charge in [0, 0.05) is 0 Å². The molecule has 0 bridgehead atoms. The number of benzene rings is 2. The van der Waals surface area contributed by atoms with Crippen LogP contribution in [0.3, 0.4) is 0 Å². The van der Waals surface area contributed by atoms with Crippen LogP contribution in [-0.2, 0) is 11.0 Å².